The third kappa shape index (κ3) is 6.66. The summed E-state index contributed by atoms with van der Waals surface area (Å²) in [5.41, 5.74) is 5.91. The van der Waals surface area contributed by atoms with Gasteiger partial charge in [-0.2, -0.15) is 0 Å². The molecule has 2 aromatic carbocycles. The number of fused-ring (bicyclic) bond motifs is 1. The molecule has 0 radical (unpaired) electrons. The van der Waals surface area contributed by atoms with Crippen molar-refractivity contribution in [1.29, 1.82) is 0 Å². The minimum Gasteiger partial charge on any atom is -0.481 e. The maximum atomic E-state index is 12.5. The Morgan fingerprint density at radius 3 is 2.55 bits per heavy atom. The first kappa shape index (κ1) is 30.9. The monoisotopic (exact) mass is 609 g/mol. The predicted octanol–water partition coefficient (Wildman–Crippen LogP) is 6.36. The van der Waals surface area contributed by atoms with Crippen LogP contribution in [0.2, 0.25) is 0 Å². The molecule has 1 amide bonds. The molecule has 5 aromatic rings. The summed E-state index contributed by atoms with van der Waals surface area (Å²) in [4.78, 5) is 32.5. The van der Waals surface area contributed by atoms with Crippen molar-refractivity contribution in [1.82, 2.24) is 25.2 Å². The average molecular weight is 610 g/mol. The lowest BCUT2D eigenvalue weighted by Gasteiger charge is -2.22. The Hall–Kier alpha value is -4.54. The zero-order valence-electron chi connectivity index (χ0n) is 26.3. The summed E-state index contributed by atoms with van der Waals surface area (Å²) in [6.07, 6.45) is 1.95. The molecule has 0 aliphatic rings. The van der Waals surface area contributed by atoms with E-state index in [1.807, 2.05) is 44.1 Å². The molecule has 5 rings (SSSR count). The largest absolute Gasteiger partial charge is 0.481 e. The van der Waals surface area contributed by atoms with Gasteiger partial charge < -0.3 is 25.2 Å². The van der Waals surface area contributed by atoms with Crippen molar-refractivity contribution < 1.29 is 9.53 Å². The molecule has 0 aliphatic carbocycles. The highest BCUT2D eigenvalue weighted by Crippen LogP contribution is 2.36. The van der Waals surface area contributed by atoms with Crippen molar-refractivity contribution in [2.75, 3.05) is 45.5 Å². The minimum atomic E-state index is -0.0204. The van der Waals surface area contributed by atoms with Gasteiger partial charge in [-0.25, -0.2) is 15.0 Å². The van der Waals surface area contributed by atoms with Gasteiger partial charge in [0.25, 0.3) is 0 Å². The fraction of sp³-hybridized carbons (Fsp3) is 0.294. The van der Waals surface area contributed by atoms with E-state index < -0.39 is 0 Å². The van der Waals surface area contributed by atoms with Crippen LogP contribution in [0.15, 0.2) is 66.9 Å². The predicted molar refractivity (Wildman–Crippen MR) is 180 cm³/mol. The molecule has 0 saturated carbocycles. The number of benzene rings is 2. The molecule has 0 bridgehead atoms. The Labute approximate surface area is 262 Å². The smallest absolute Gasteiger partial charge is 0.226 e. The molecule has 9 nitrogen and oxygen atoms in total. The lowest BCUT2D eigenvalue weighted by molar-refractivity contribution is -0.128. The number of aryl methyl sites for hydroxylation is 1. The van der Waals surface area contributed by atoms with E-state index in [2.05, 4.69) is 65.0 Å². The number of hydrogen-bond donors (Lipinski definition) is 2. The van der Waals surface area contributed by atoms with E-state index in [-0.39, 0.29) is 18.4 Å². The molecule has 0 saturated heterocycles. The normalized spacial score (nSPS) is 11.8. The number of likely N-dealkylation sites (N-methyl/N-ethyl adjacent to an activating group) is 1. The number of carbonyl (C=O) groups excluding carboxylic acids is 1. The second kappa shape index (κ2) is 13.4. The number of amides is 1. The number of nitrogens with one attached hydrogen (secondary N) is 2. The molecule has 44 heavy (non-hydrogen) atoms. The number of thiophene rings is 1. The summed E-state index contributed by atoms with van der Waals surface area (Å²) in [6, 6.07) is 21.0. The fourth-order valence-corrected chi connectivity index (χ4v) is 6.18. The van der Waals surface area contributed by atoms with Crippen LogP contribution < -0.4 is 20.3 Å². The van der Waals surface area contributed by atoms with Gasteiger partial charge in [0.15, 0.2) is 0 Å². The van der Waals surface area contributed by atoms with Gasteiger partial charge in [-0.3, -0.25) is 4.79 Å². The van der Waals surface area contributed by atoms with Crippen molar-refractivity contribution in [3.8, 4) is 16.3 Å². The molecule has 3 aromatic heterocycles. The van der Waals surface area contributed by atoms with Crippen molar-refractivity contribution >= 4 is 45.3 Å². The molecule has 3 heterocycles. The van der Waals surface area contributed by atoms with Crippen LogP contribution in [0.5, 0.6) is 5.88 Å². The van der Waals surface area contributed by atoms with Crippen LogP contribution >= 0.6 is 11.3 Å². The third-order valence-electron chi connectivity index (χ3n) is 7.57. The first-order chi connectivity index (χ1) is 21.2. The number of carbonyl (C=O) groups is 1. The van der Waals surface area contributed by atoms with E-state index in [1.165, 1.54) is 20.9 Å². The van der Waals surface area contributed by atoms with Crippen LogP contribution in [-0.2, 0) is 17.8 Å². The highest BCUT2D eigenvalue weighted by atomic mass is 32.1. The number of aromatic nitrogens is 3. The molecule has 0 aliphatic heterocycles. The SMILES string of the molecule is CNCc1ccccc1-c1ccc([C@@H](C)Nc2nc(C)nc3ccc(N(C)c4cnc(OC)c(CC(=O)N(C)C)c4)cc23)s1. The maximum Gasteiger partial charge on any atom is 0.226 e. The lowest BCUT2D eigenvalue weighted by Crippen LogP contribution is -2.24. The van der Waals surface area contributed by atoms with E-state index in [1.54, 1.807) is 43.6 Å². The van der Waals surface area contributed by atoms with Gasteiger partial charge in [0.1, 0.15) is 11.6 Å². The number of hydrogen-bond acceptors (Lipinski definition) is 9. The van der Waals surface area contributed by atoms with Gasteiger partial charge in [0.05, 0.1) is 37.0 Å². The highest BCUT2D eigenvalue weighted by molar-refractivity contribution is 7.15. The number of pyridine rings is 1. The summed E-state index contributed by atoms with van der Waals surface area (Å²) in [7, 11) is 9.00. The molecule has 0 unspecified atom stereocenters. The van der Waals surface area contributed by atoms with Crippen LogP contribution in [0.25, 0.3) is 21.3 Å². The van der Waals surface area contributed by atoms with Crippen molar-refractivity contribution in [2.24, 2.45) is 0 Å². The van der Waals surface area contributed by atoms with E-state index in [0.29, 0.717) is 11.7 Å². The number of anilines is 3. The summed E-state index contributed by atoms with van der Waals surface area (Å²) < 4.78 is 5.44. The van der Waals surface area contributed by atoms with Gasteiger partial charge in [-0.1, -0.05) is 24.3 Å². The van der Waals surface area contributed by atoms with E-state index in [0.717, 1.165) is 40.2 Å². The van der Waals surface area contributed by atoms with Gasteiger partial charge in [-0.05, 0) is 68.4 Å². The Bertz CT molecular complexity index is 1790. The van der Waals surface area contributed by atoms with Crippen molar-refractivity contribution in [3.63, 3.8) is 0 Å². The van der Waals surface area contributed by atoms with E-state index >= 15 is 0 Å². The average Bonchev–Trinajstić information content (AvgIpc) is 3.51. The standard InChI is InChI=1S/C34H39N7O2S/c1-21(30-14-15-31(44-30)27-11-9-8-10-23(27)19-35-3)37-33-28-18-25(12-13-29(28)38-22(2)39-33)41(6)26-16-24(17-32(42)40(4)5)34(43-7)36-20-26/h8-16,18,20-21,35H,17,19H2,1-7H3,(H,37,38,39)/t21-/m1/s1. The molecular formula is C34H39N7O2S. The quantitative estimate of drug-likeness (QED) is 0.179. The first-order valence-corrected chi connectivity index (χ1v) is 15.3. The highest BCUT2D eigenvalue weighted by Gasteiger charge is 2.18. The van der Waals surface area contributed by atoms with Crippen LogP contribution in [0.3, 0.4) is 0 Å². The molecule has 10 heteroatoms. The minimum absolute atomic E-state index is 0.0204. The van der Waals surface area contributed by atoms with E-state index in [4.69, 9.17) is 14.7 Å². The number of methoxy groups -OCH3 is 1. The molecule has 228 valence electrons. The second-order valence-electron chi connectivity index (χ2n) is 11.0. The Morgan fingerprint density at radius 2 is 1.80 bits per heavy atom. The third-order valence-corrected chi connectivity index (χ3v) is 8.87. The van der Waals surface area contributed by atoms with Crippen molar-refractivity contribution in [3.05, 3.63) is 88.7 Å². The summed E-state index contributed by atoms with van der Waals surface area (Å²) in [5.74, 6) is 1.91. The second-order valence-corrected chi connectivity index (χ2v) is 12.1. The molecule has 0 fully saturated rings. The van der Waals surface area contributed by atoms with E-state index in [9.17, 15) is 4.79 Å². The van der Waals surface area contributed by atoms with Gasteiger partial charge >= 0.3 is 0 Å². The van der Waals surface area contributed by atoms with Crippen LogP contribution in [0.1, 0.15) is 34.8 Å². The molecule has 2 N–H and O–H groups in total. The Kier molecular flexibility index (Phi) is 9.41. The summed E-state index contributed by atoms with van der Waals surface area (Å²) in [6.45, 7) is 4.90. The zero-order chi connectivity index (χ0) is 31.4. The fourth-order valence-electron chi connectivity index (χ4n) is 5.11. The van der Waals surface area contributed by atoms with Gasteiger partial charge in [0, 0.05) is 54.1 Å². The number of ether oxygens (including phenoxy) is 1. The number of rotatable bonds is 11. The lowest BCUT2D eigenvalue weighted by atomic mass is 10.1. The van der Waals surface area contributed by atoms with Crippen LogP contribution in [0, 0.1) is 6.92 Å². The Morgan fingerprint density at radius 1 is 1.00 bits per heavy atom. The first-order valence-electron chi connectivity index (χ1n) is 14.5. The Balaban J connectivity index is 1.44. The molecule has 1 atom stereocenters. The zero-order valence-corrected chi connectivity index (χ0v) is 27.1. The summed E-state index contributed by atoms with van der Waals surface area (Å²) >= 11 is 1.79. The van der Waals surface area contributed by atoms with Crippen LogP contribution in [-0.4, -0.2) is 61.1 Å². The topological polar surface area (TPSA) is 95.5 Å². The molecular weight excluding hydrogens is 570 g/mol. The van der Waals surface area contributed by atoms with Gasteiger partial charge in [-0.15, -0.1) is 11.3 Å². The van der Waals surface area contributed by atoms with Gasteiger partial charge in [0.2, 0.25) is 11.8 Å². The number of nitrogens with zero attached hydrogens (tertiary/aromatic N) is 5. The van der Waals surface area contributed by atoms with Crippen LogP contribution in [0.4, 0.5) is 17.2 Å². The van der Waals surface area contributed by atoms with Crippen molar-refractivity contribution in [2.45, 2.75) is 32.9 Å². The summed E-state index contributed by atoms with van der Waals surface area (Å²) in [5, 5.41) is 7.86. The maximum absolute atomic E-state index is 12.5. The molecule has 0 spiro atoms.